The van der Waals surface area contributed by atoms with Crippen LogP contribution in [0.2, 0.25) is 5.02 Å². The molecule has 9 heteroatoms. The predicted octanol–water partition coefficient (Wildman–Crippen LogP) is 5.15. The molecule has 2 N–H and O–H groups in total. The number of hydrogen-bond acceptors (Lipinski definition) is 5. The standard InChI is InChI=1S/C22H18ClN3O5/c1-2-31-18-10-7-16(8-11-18)24-21(27)14-3-5-15(6-4-14)25-22(28)19-12-9-17(26(29)30)13-20(19)23/h3-13H,2H2,1H3,(H,24,27)(H,25,28). The Kier molecular flexibility index (Phi) is 6.84. The molecule has 0 radical (unpaired) electrons. The molecule has 0 atom stereocenters. The van der Waals surface area contributed by atoms with Gasteiger partial charge < -0.3 is 15.4 Å². The van der Waals surface area contributed by atoms with E-state index < -0.39 is 10.8 Å². The Balaban J connectivity index is 1.63. The number of carbonyl (C=O) groups is 2. The van der Waals surface area contributed by atoms with Crippen molar-refractivity contribution < 1.29 is 19.2 Å². The van der Waals surface area contributed by atoms with Crippen molar-refractivity contribution in [3.05, 3.63) is 93.0 Å². The lowest BCUT2D eigenvalue weighted by molar-refractivity contribution is -0.384. The third-order valence-corrected chi connectivity index (χ3v) is 4.55. The average molecular weight is 440 g/mol. The highest BCUT2D eigenvalue weighted by Crippen LogP contribution is 2.24. The largest absolute Gasteiger partial charge is 0.494 e. The zero-order valence-electron chi connectivity index (χ0n) is 16.4. The summed E-state index contributed by atoms with van der Waals surface area (Å²) in [6.45, 7) is 2.45. The molecule has 158 valence electrons. The first kappa shape index (κ1) is 21.8. The summed E-state index contributed by atoms with van der Waals surface area (Å²) >= 11 is 5.98. The molecule has 3 aromatic rings. The number of amides is 2. The summed E-state index contributed by atoms with van der Waals surface area (Å²) in [5, 5.41) is 16.2. The van der Waals surface area contributed by atoms with Crippen LogP contribution in [0.5, 0.6) is 5.75 Å². The number of nitro benzene ring substituents is 1. The van der Waals surface area contributed by atoms with Crippen LogP contribution in [0.25, 0.3) is 0 Å². The van der Waals surface area contributed by atoms with Crippen LogP contribution in [0.4, 0.5) is 17.1 Å². The lowest BCUT2D eigenvalue weighted by Crippen LogP contribution is -2.14. The van der Waals surface area contributed by atoms with Crippen molar-refractivity contribution in [1.29, 1.82) is 0 Å². The maximum Gasteiger partial charge on any atom is 0.270 e. The lowest BCUT2D eigenvalue weighted by atomic mass is 10.1. The summed E-state index contributed by atoms with van der Waals surface area (Å²) < 4.78 is 5.37. The van der Waals surface area contributed by atoms with E-state index in [0.29, 0.717) is 29.3 Å². The van der Waals surface area contributed by atoms with Gasteiger partial charge in [0, 0.05) is 29.1 Å². The maximum atomic E-state index is 12.4. The van der Waals surface area contributed by atoms with Gasteiger partial charge in [-0.05, 0) is 61.5 Å². The topological polar surface area (TPSA) is 111 Å². The van der Waals surface area contributed by atoms with Crippen molar-refractivity contribution in [2.24, 2.45) is 0 Å². The van der Waals surface area contributed by atoms with Crippen molar-refractivity contribution in [3.63, 3.8) is 0 Å². The molecule has 0 aliphatic carbocycles. The fourth-order valence-electron chi connectivity index (χ4n) is 2.71. The number of halogens is 1. The van der Waals surface area contributed by atoms with Crippen molar-refractivity contribution in [3.8, 4) is 5.75 Å². The molecule has 0 spiro atoms. The van der Waals surface area contributed by atoms with Crippen molar-refractivity contribution in [2.45, 2.75) is 6.92 Å². The van der Waals surface area contributed by atoms with E-state index in [2.05, 4.69) is 10.6 Å². The second-order valence-corrected chi connectivity index (χ2v) is 6.77. The minimum Gasteiger partial charge on any atom is -0.494 e. The van der Waals surface area contributed by atoms with E-state index in [9.17, 15) is 19.7 Å². The van der Waals surface area contributed by atoms with Gasteiger partial charge in [-0.2, -0.15) is 0 Å². The third-order valence-electron chi connectivity index (χ3n) is 4.24. The van der Waals surface area contributed by atoms with E-state index in [1.54, 1.807) is 48.5 Å². The number of rotatable bonds is 7. The molecule has 31 heavy (non-hydrogen) atoms. The number of nitro groups is 1. The highest BCUT2D eigenvalue weighted by atomic mass is 35.5. The van der Waals surface area contributed by atoms with E-state index in [1.807, 2.05) is 6.92 Å². The van der Waals surface area contributed by atoms with Crippen LogP contribution >= 0.6 is 11.6 Å². The molecule has 8 nitrogen and oxygen atoms in total. The second kappa shape index (κ2) is 9.73. The first-order chi connectivity index (χ1) is 14.9. The Morgan fingerprint density at radius 3 is 2.06 bits per heavy atom. The van der Waals surface area contributed by atoms with E-state index in [1.165, 1.54) is 12.1 Å². The number of benzene rings is 3. The van der Waals surface area contributed by atoms with Crippen LogP contribution in [0.1, 0.15) is 27.6 Å². The number of non-ortho nitro benzene ring substituents is 1. The summed E-state index contributed by atoms with van der Waals surface area (Å²) in [5.74, 6) is -0.111. The zero-order valence-corrected chi connectivity index (χ0v) is 17.2. The Hall–Kier alpha value is -3.91. The van der Waals surface area contributed by atoms with Crippen LogP contribution in [-0.2, 0) is 0 Å². The first-order valence-corrected chi connectivity index (χ1v) is 9.64. The van der Waals surface area contributed by atoms with Gasteiger partial charge in [0.25, 0.3) is 17.5 Å². The molecule has 0 aromatic heterocycles. The summed E-state index contributed by atoms with van der Waals surface area (Å²) in [5.41, 5.74) is 1.37. The first-order valence-electron chi connectivity index (χ1n) is 9.27. The predicted molar refractivity (Wildman–Crippen MR) is 118 cm³/mol. The molecule has 0 unspecified atom stereocenters. The van der Waals surface area contributed by atoms with Gasteiger partial charge in [-0.1, -0.05) is 11.6 Å². The minimum atomic E-state index is -0.593. The van der Waals surface area contributed by atoms with Crippen LogP contribution in [0.3, 0.4) is 0 Å². The Morgan fingerprint density at radius 1 is 0.935 bits per heavy atom. The average Bonchev–Trinajstić information content (AvgIpc) is 2.75. The van der Waals surface area contributed by atoms with Gasteiger partial charge in [-0.25, -0.2) is 0 Å². The molecule has 0 fully saturated rings. The van der Waals surface area contributed by atoms with Crippen LogP contribution in [0, 0.1) is 10.1 Å². The second-order valence-electron chi connectivity index (χ2n) is 6.36. The zero-order chi connectivity index (χ0) is 22.4. The van der Waals surface area contributed by atoms with E-state index >= 15 is 0 Å². The van der Waals surface area contributed by atoms with Gasteiger partial charge in [-0.3, -0.25) is 19.7 Å². The highest BCUT2D eigenvalue weighted by Gasteiger charge is 2.15. The Labute approximate surface area is 182 Å². The number of nitrogens with zero attached hydrogens (tertiary/aromatic N) is 1. The molecule has 2 amide bonds. The van der Waals surface area contributed by atoms with Gasteiger partial charge >= 0.3 is 0 Å². The molecule has 0 aliphatic heterocycles. The number of hydrogen-bond donors (Lipinski definition) is 2. The molecule has 0 saturated heterocycles. The van der Waals surface area contributed by atoms with E-state index in [0.717, 1.165) is 6.07 Å². The summed E-state index contributed by atoms with van der Waals surface area (Å²) in [7, 11) is 0. The highest BCUT2D eigenvalue weighted by molar-refractivity contribution is 6.34. The molecule has 3 rings (SSSR count). The van der Waals surface area contributed by atoms with Gasteiger partial charge in [0.2, 0.25) is 0 Å². The van der Waals surface area contributed by atoms with E-state index in [-0.39, 0.29) is 22.2 Å². The van der Waals surface area contributed by atoms with Crippen LogP contribution in [0.15, 0.2) is 66.7 Å². The molecule has 0 saturated carbocycles. The van der Waals surface area contributed by atoms with Crippen LogP contribution in [-0.4, -0.2) is 23.3 Å². The van der Waals surface area contributed by atoms with E-state index in [4.69, 9.17) is 16.3 Å². The Morgan fingerprint density at radius 2 is 1.52 bits per heavy atom. The molecule has 0 bridgehead atoms. The molecule has 0 heterocycles. The van der Waals surface area contributed by atoms with Gasteiger partial charge in [-0.15, -0.1) is 0 Å². The summed E-state index contributed by atoms with van der Waals surface area (Å²) in [6, 6.07) is 16.9. The van der Waals surface area contributed by atoms with Gasteiger partial charge in [0.15, 0.2) is 0 Å². The molecule has 3 aromatic carbocycles. The molecular weight excluding hydrogens is 422 g/mol. The normalized spacial score (nSPS) is 10.3. The number of ether oxygens (including phenoxy) is 1. The monoisotopic (exact) mass is 439 g/mol. The number of anilines is 2. The van der Waals surface area contributed by atoms with Gasteiger partial charge in [0.05, 0.1) is 22.1 Å². The number of carbonyl (C=O) groups excluding carboxylic acids is 2. The van der Waals surface area contributed by atoms with Crippen LogP contribution < -0.4 is 15.4 Å². The van der Waals surface area contributed by atoms with Crippen molar-refractivity contribution in [1.82, 2.24) is 0 Å². The van der Waals surface area contributed by atoms with Crippen molar-refractivity contribution in [2.75, 3.05) is 17.2 Å². The number of nitrogens with one attached hydrogen (secondary N) is 2. The molecular formula is C22H18ClN3O5. The summed E-state index contributed by atoms with van der Waals surface area (Å²) in [6.07, 6.45) is 0. The Bertz CT molecular complexity index is 1110. The SMILES string of the molecule is CCOc1ccc(NC(=O)c2ccc(NC(=O)c3ccc([N+](=O)[O-])cc3Cl)cc2)cc1. The minimum absolute atomic E-state index is 0.0296. The fourth-order valence-corrected chi connectivity index (χ4v) is 2.97. The van der Waals surface area contributed by atoms with Crippen molar-refractivity contribution >= 4 is 40.5 Å². The third kappa shape index (κ3) is 5.58. The quantitative estimate of drug-likeness (QED) is 0.390. The molecule has 0 aliphatic rings. The lowest BCUT2D eigenvalue weighted by Gasteiger charge is -2.09. The van der Waals surface area contributed by atoms with Gasteiger partial charge in [0.1, 0.15) is 5.75 Å². The maximum absolute atomic E-state index is 12.4. The fraction of sp³-hybridized carbons (Fsp3) is 0.0909. The summed E-state index contributed by atoms with van der Waals surface area (Å²) in [4.78, 5) is 35.0. The smallest absolute Gasteiger partial charge is 0.270 e.